The molecule has 0 N–H and O–H groups in total. The summed E-state index contributed by atoms with van der Waals surface area (Å²) in [5.74, 6) is -0.139. The monoisotopic (exact) mass is 597 g/mol. The highest BCUT2D eigenvalue weighted by molar-refractivity contribution is 6.46. The first-order valence-electron chi connectivity index (χ1n) is 18.7. The Bertz CT molecular complexity index is 523. The molecule has 0 radical (unpaired) electrons. The number of alkyl halides is 1. The van der Waals surface area contributed by atoms with Gasteiger partial charge in [0, 0.05) is 12.8 Å². The van der Waals surface area contributed by atoms with Gasteiger partial charge in [0.2, 0.25) is 0 Å². The third kappa shape index (κ3) is 27.0. The molecular formula is C38H73ClO2. The van der Waals surface area contributed by atoms with Crippen LogP contribution in [0.15, 0.2) is 0 Å². The molecule has 0 amide bonds. The summed E-state index contributed by atoms with van der Waals surface area (Å²) in [5, 5.41) is 0. The standard InChI is InChI=1S/C38H73ClO2/c1-4-6-8-10-12-14-16-18-20-22-24-26-28-30-32-34-36(40)38(3,39)37(41)35-33-31-29-27-25-23-21-19-17-15-13-11-9-7-5-2/h4-35H2,1-3H3. The molecular weight excluding hydrogens is 524 g/mol. The van der Waals surface area contributed by atoms with Crippen LogP contribution in [-0.2, 0) is 9.59 Å². The van der Waals surface area contributed by atoms with E-state index in [-0.39, 0.29) is 11.6 Å². The van der Waals surface area contributed by atoms with Crippen molar-refractivity contribution >= 4 is 23.2 Å². The van der Waals surface area contributed by atoms with Crippen LogP contribution >= 0.6 is 11.6 Å². The van der Waals surface area contributed by atoms with E-state index in [1.54, 1.807) is 6.92 Å². The second-order valence-corrected chi connectivity index (χ2v) is 14.0. The van der Waals surface area contributed by atoms with Crippen LogP contribution < -0.4 is 0 Å². The third-order valence-corrected chi connectivity index (χ3v) is 9.48. The van der Waals surface area contributed by atoms with Gasteiger partial charge in [-0.2, -0.15) is 0 Å². The Morgan fingerprint density at radius 1 is 0.366 bits per heavy atom. The molecule has 0 atom stereocenters. The van der Waals surface area contributed by atoms with Crippen molar-refractivity contribution in [3.63, 3.8) is 0 Å². The molecule has 0 fully saturated rings. The van der Waals surface area contributed by atoms with E-state index < -0.39 is 4.87 Å². The van der Waals surface area contributed by atoms with Crippen molar-refractivity contribution < 1.29 is 9.59 Å². The number of carbonyl (C=O) groups excluding carboxylic acids is 2. The van der Waals surface area contributed by atoms with E-state index in [9.17, 15) is 9.59 Å². The Hall–Kier alpha value is -0.370. The van der Waals surface area contributed by atoms with Gasteiger partial charge < -0.3 is 0 Å². The molecule has 0 aromatic rings. The largest absolute Gasteiger partial charge is 0.297 e. The number of halogens is 1. The first-order valence-corrected chi connectivity index (χ1v) is 19.1. The molecule has 0 saturated carbocycles. The van der Waals surface area contributed by atoms with Gasteiger partial charge in [-0.1, -0.05) is 194 Å². The first kappa shape index (κ1) is 40.6. The molecule has 0 spiro atoms. The summed E-state index contributed by atoms with van der Waals surface area (Å²) < 4.78 is 0. The van der Waals surface area contributed by atoms with Gasteiger partial charge in [-0.3, -0.25) is 9.59 Å². The summed E-state index contributed by atoms with van der Waals surface area (Å²) in [6, 6.07) is 0. The number of hydrogen-bond donors (Lipinski definition) is 0. The molecule has 0 aliphatic carbocycles. The fraction of sp³-hybridized carbons (Fsp3) is 0.947. The number of rotatable bonds is 34. The zero-order valence-corrected chi connectivity index (χ0v) is 29.1. The van der Waals surface area contributed by atoms with Crippen molar-refractivity contribution in [1.82, 2.24) is 0 Å². The fourth-order valence-corrected chi connectivity index (χ4v) is 6.13. The third-order valence-electron chi connectivity index (χ3n) is 9.06. The van der Waals surface area contributed by atoms with Crippen LogP contribution in [0.25, 0.3) is 0 Å². The van der Waals surface area contributed by atoms with Crippen molar-refractivity contribution in [2.45, 2.75) is 231 Å². The number of unbranched alkanes of at least 4 members (excludes halogenated alkanes) is 28. The average Bonchev–Trinajstić information content (AvgIpc) is 2.96. The maximum atomic E-state index is 12.6. The predicted octanol–water partition coefficient (Wildman–Crippen LogP) is 13.6. The lowest BCUT2D eigenvalue weighted by Crippen LogP contribution is -2.38. The summed E-state index contributed by atoms with van der Waals surface area (Å²) in [4.78, 5) is 24.0. The van der Waals surface area contributed by atoms with Gasteiger partial charge in [-0.05, 0) is 19.8 Å². The average molecular weight is 597 g/mol. The SMILES string of the molecule is CCCCCCCCCCCCCCCCCC(=O)C(C)(Cl)C(=O)CCCCCCCCCCCCCCCCC. The molecule has 0 saturated heterocycles. The Morgan fingerprint density at radius 3 is 0.732 bits per heavy atom. The van der Waals surface area contributed by atoms with Gasteiger partial charge in [0.15, 0.2) is 16.4 Å². The highest BCUT2D eigenvalue weighted by atomic mass is 35.5. The number of ketones is 2. The van der Waals surface area contributed by atoms with Crippen LogP contribution in [0.3, 0.4) is 0 Å². The summed E-state index contributed by atoms with van der Waals surface area (Å²) in [6.45, 7) is 6.19. The Kier molecular flexibility index (Phi) is 30.8. The molecule has 41 heavy (non-hydrogen) atoms. The molecule has 0 aliphatic heterocycles. The number of hydrogen-bond acceptors (Lipinski definition) is 2. The van der Waals surface area contributed by atoms with Gasteiger partial charge in [-0.15, -0.1) is 11.6 Å². The first-order chi connectivity index (χ1) is 20.0. The quantitative estimate of drug-likeness (QED) is 0.0420. The molecule has 2 nitrogen and oxygen atoms in total. The zero-order chi connectivity index (χ0) is 30.3. The molecule has 0 unspecified atom stereocenters. The van der Waals surface area contributed by atoms with Crippen LogP contribution in [0.4, 0.5) is 0 Å². The molecule has 0 aromatic carbocycles. The van der Waals surface area contributed by atoms with Gasteiger partial charge in [0.1, 0.15) is 0 Å². The Labute approximate surface area is 263 Å². The molecule has 0 rings (SSSR count). The zero-order valence-electron chi connectivity index (χ0n) is 28.3. The van der Waals surface area contributed by atoms with Crippen LogP contribution in [0, 0.1) is 0 Å². The fourth-order valence-electron chi connectivity index (χ4n) is 5.94. The van der Waals surface area contributed by atoms with E-state index in [1.807, 2.05) is 0 Å². The molecule has 3 heteroatoms. The second-order valence-electron chi connectivity index (χ2n) is 13.2. The van der Waals surface area contributed by atoms with Crippen LogP contribution in [-0.4, -0.2) is 16.4 Å². The maximum absolute atomic E-state index is 12.6. The van der Waals surface area contributed by atoms with Crippen molar-refractivity contribution in [3.8, 4) is 0 Å². The Balaban J connectivity index is 3.55. The summed E-state index contributed by atoms with van der Waals surface area (Å²) >= 11 is 6.47. The van der Waals surface area contributed by atoms with E-state index in [2.05, 4.69) is 13.8 Å². The molecule has 0 aromatic heterocycles. The second kappa shape index (κ2) is 31.1. The van der Waals surface area contributed by atoms with E-state index in [1.165, 1.54) is 167 Å². The van der Waals surface area contributed by atoms with Crippen LogP contribution in [0.2, 0.25) is 0 Å². The lowest BCUT2D eigenvalue weighted by molar-refractivity contribution is -0.130. The van der Waals surface area contributed by atoms with E-state index in [4.69, 9.17) is 11.6 Å². The number of carbonyl (C=O) groups is 2. The Morgan fingerprint density at radius 2 is 0.537 bits per heavy atom. The summed E-state index contributed by atoms with van der Waals surface area (Å²) in [5.41, 5.74) is 0. The van der Waals surface area contributed by atoms with Crippen LogP contribution in [0.5, 0.6) is 0 Å². The van der Waals surface area contributed by atoms with E-state index in [0.717, 1.165) is 25.7 Å². The molecule has 0 bridgehead atoms. The van der Waals surface area contributed by atoms with Crippen molar-refractivity contribution in [1.29, 1.82) is 0 Å². The topological polar surface area (TPSA) is 34.1 Å². The lowest BCUT2D eigenvalue weighted by atomic mass is 9.92. The summed E-state index contributed by atoms with van der Waals surface area (Å²) in [7, 11) is 0. The summed E-state index contributed by atoms with van der Waals surface area (Å²) in [6.07, 6.45) is 40.2. The van der Waals surface area contributed by atoms with Gasteiger partial charge in [-0.25, -0.2) is 0 Å². The van der Waals surface area contributed by atoms with E-state index in [0.29, 0.717) is 12.8 Å². The molecule has 0 heterocycles. The van der Waals surface area contributed by atoms with Crippen molar-refractivity contribution in [2.75, 3.05) is 0 Å². The number of Topliss-reactive ketones (excluding diaryl/α,β-unsaturated/α-hetero) is 2. The minimum Gasteiger partial charge on any atom is -0.297 e. The lowest BCUT2D eigenvalue weighted by Gasteiger charge is -2.19. The highest BCUT2D eigenvalue weighted by Gasteiger charge is 2.36. The van der Waals surface area contributed by atoms with Gasteiger partial charge >= 0.3 is 0 Å². The minimum absolute atomic E-state index is 0.0696. The van der Waals surface area contributed by atoms with Crippen LogP contribution in [0.1, 0.15) is 226 Å². The minimum atomic E-state index is -1.31. The normalized spacial score (nSPS) is 11.8. The van der Waals surface area contributed by atoms with Crippen molar-refractivity contribution in [3.05, 3.63) is 0 Å². The van der Waals surface area contributed by atoms with Gasteiger partial charge in [0.05, 0.1) is 0 Å². The van der Waals surface area contributed by atoms with E-state index >= 15 is 0 Å². The smallest absolute Gasteiger partial charge is 0.160 e. The van der Waals surface area contributed by atoms with Gasteiger partial charge in [0.25, 0.3) is 0 Å². The predicted molar refractivity (Wildman–Crippen MR) is 183 cm³/mol. The highest BCUT2D eigenvalue weighted by Crippen LogP contribution is 2.24. The maximum Gasteiger partial charge on any atom is 0.160 e. The molecule has 244 valence electrons. The molecule has 0 aliphatic rings. The van der Waals surface area contributed by atoms with Crippen molar-refractivity contribution in [2.24, 2.45) is 0 Å².